The Kier molecular flexibility index (Phi) is 7.17. The van der Waals surface area contributed by atoms with Crippen molar-refractivity contribution in [3.8, 4) is 0 Å². The second-order valence-corrected chi connectivity index (χ2v) is 11.1. The first-order chi connectivity index (χ1) is 18.9. The molecule has 5 nitrogen and oxygen atoms in total. The number of benzene rings is 4. The molecule has 0 radical (unpaired) electrons. The number of rotatable bonds is 7. The number of nitrogens with zero attached hydrogens (tertiary/aromatic N) is 3. The van der Waals surface area contributed by atoms with E-state index in [2.05, 4.69) is 55.5 Å². The summed E-state index contributed by atoms with van der Waals surface area (Å²) in [7, 11) is 0. The fraction of sp³-hybridized carbons (Fsp3) is 0.294. The minimum Gasteiger partial charge on any atom is -0.264 e. The van der Waals surface area contributed by atoms with Crippen molar-refractivity contribution in [2.24, 2.45) is 16.1 Å². The van der Waals surface area contributed by atoms with Crippen LogP contribution in [0, 0.1) is 16.0 Å². The summed E-state index contributed by atoms with van der Waals surface area (Å²) in [5.41, 5.74) is 1.09. The molecule has 0 aliphatic heterocycles. The average Bonchev–Trinajstić information content (AvgIpc) is 2.98. The third kappa shape index (κ3) is 4.17. The molecule has 0 N–H and O–H groups in total. The number of hydrogen-bond acceptors (Lipinski definition) is 4. The molecule has 1 fully saturated rings. The molecule has 3 unspecified atom stereocenters. The fourth-order valence-corrected chi connectivity index (χ4v) is 6.97. The third-order valence-corrected chi connectivity index (χ3v) is 9.03. The zero-order valence-corrected chi connectivity index (χ0v) is 22.8. The molecule has 5 heteroatoms. The SMILES string of the molecule is CC(C)C1([N+](=O)[O-])CCC(C)(c2ccccc2)C(c2ccccc2)(c2ccccc2)C1N=Nc1ccccc1. The van der Waals surface area contributed by atoms with Gasteiger partial charge in [-0.15, -0.1) is 0 Å². The molecule has 198 valence electrons. The number of azo groups is 1. The molecule has 0 heterocycles. The first-order valence-corrected chi connectivity index (χ1v) is 13.6. The molecule has 39 heavy (non-hydrogen) atoms. The summed E-state index contributed by atoms with van der Waals surface area (Å²) in [6.07, 6.45) is 1.01. The molecular formula is C34H35N3O2. The van der Waals surface area contributed by atoms with Gasteiger partial charge in [-0.2, -0.15) is 10.2 Å². The van der Waals surface area contributed by atoms with Gasteiger partial charge in [-0.05, 0) is 35.2 Å². The predicted molar refractivity (Wildman–Crippen MR) is 156 cm³/mol. The lowest BCUT2D eigenvalue weighted by Crippen LogP contribution is -2.70. The van der Waals surface area contributed by atoms with Crippen molar-refractivity contribution >= 4 is 5.69 Å². The third-order valence-electron chi connectivity index (χ3n) is 9.03. The standard InChI is InChI=1S/C34H35N3O2/c1-26(2)33(37(38)39)25-24-32(3,27-16-8-4-9-17-27)34(28-18-10-5-11-19-28,29-20-12-6-13-21-29)31(33)36-35-30-22-14-7-15-23-30/h4-23,26,31H,24-25H2,1-3H3. The number of hydrogen-bond donors (Lipinski definition) is 0. The van der Waals surface area contributed by atoms with E-state index in [1.165, 1.54) is 0 Å². The molecule has 4 aromatic carbocycles. The topological polar surface area (TPSA) is 67.9 Å². The smallest absolute Gasteiger partial charge is 0.249 e. The Hall–Kier alpha value is -4.12. The van der Waals surface area contributed by atoms with Crippen LogP contribution in [0.5, 0.6) is 0 Å². The Morgan fingerprint density at radius 3 is 1.59 bits per heavy atom. The maximum Gasteiger partial charge on any atom is 0.249 e. The van der Waals surface area contributed by atoms with Gasteiger partial charge in [0.2, 0.25) is 5.54 Å². The van der Waals surface area contributed by atoms with Gasteiger partial charge in [0, 0.05) is 22.7 Å². The van der Waals surface area contributed by atoms with Crippen molar-refractivity contribution in [1.29, 1.82) is 0 Å². The first-order valence-electron chi connectivity index (χ1n) is 13.6. The van der Waals surface area contributed by atoms with Crippen LogP contribution in [0.4, 0.5) is 5.69 Å². The minimum atomic E-state index is -1.34. The summed E-state index contributed by atoms with van der Waals surface area (Å²) < 4.78 is 0. The van der Waals surface area contributed by atoms with E-state index >= 15 is 0 Å². The zero-order valence-electron chi connectivity index (χ0n) is 22.8. The van der Waals surface area contributed by atoms with E-state index in [0.29, 0.717) is 18.5 Å². The van der Waals surface area contributed by atoms with Gasteiger partial charge < -0.3 is 0 Å². The van der Waals surface area contributed by atoms with Gasteiger partial charge in [0.1, 0.15) is 0 Å². The Balaban J connectivity index is 1.94. The van der Waals surface area contributed by atoms with Crippen LogP contribution in [-0.4, -0.2) is 16.5 Å². The maximum absolute atomic E-state index is 13.3. The van der Waals surface area contributed by atoms with E-state index in [-0.39, 0.29) is 10.8 Å². The van der Waals surface area contributed by atoms with Crippen molar-refractivity contribution in [2.75, 3.05) is 0 Å². The van der Waals surface area contributed by atoms with E-state index in [4.69, 9.17) is 10.2 Å². The molecule has 0 spiro atoms. The summed E-state index contributed by atoms with van der Waals surface area (Å²) in [4.78, 5) is 13.3. The molecule has 5 rings (SSSR count). The van der Waals surface area contributed by atoms with Crippen molar-refractivity contribution in [1.82, 2.24) is 0 Å². The number of nitro groups is 1. The monoisotopic (exact) mass is 517 g/mol. The van der Waals surface area contributed by atoms with Gasteiger partial charge in [-0.3, -0.25) is 10.1 Å². The van der Waals surface area contributed by atoms with Crippen molar-refractivity contribution in [3.05, 3.63) is 148 Å². The van der Waals surface area contributed by atoms with Crippen LogP contribution in [-0.2, 0) is 10.8 Å². The Morgan fingerprint density at radius 2 is 1.15 bits per heavy atom. The van der Waals surface area contributed by atoms with Gasteiger partial charge in [0.15, 0.2) is 6.04 Å². The zero-order chi connectivity index (χ0) is 27.5. The molecule has 1 saturated carbocycles. The highest BCUT2D eigenvalue weighted by Crippen LogP contribution is 2.62. The summed E-state index contributed by atoms with van der Waals surface area (Å²) >= 11 is 0. The van der Waals surface area contributed by atoms with E-state index in [0.717, 1.165) is 16.7 Å². The highest BCUT2D eigenvalue weighted by molar-refractivity contribution is 5.53. The fourth-order valence-electron chi connectivity index (χ4n) is 6.97. The van der Waals surface area contributed by atoms with Gasteiger partial charge in [-0.1, -0.05) is 130 Å². The van der Waals surface area contributed by atoms with Gasteiger partial charge >= 0.3 is 0 Å². The molecule has 3 atom stereocenters. The summed E-state index contributed by atoms with van der Waals surface area (Å²) in [5, 5.41) is 23.1. The predicted octanol–water partition coefficient (Wildman–Crippen LogP) is 8.55. The molecule has 1 aliphatic carbocycles. The van der Waals surface area contributed by atoms with Gasteiger partial charge in [0.05, 0.1) is 11.1 Å². The molecule has 0 saturated heterocycles. The van der Waals surface area contributed by atoms with Crippen LogP contribution < -0.4 is 0 Å². The van der Waals surface area contributed by atoms with Crippen molar-refractivity contribution in [2.45, 2.75) is 56.0 Å². The molecule has 1 aliphatic rings. The highest BCUT2D eigenvalue weighted by Gasteiger charge is 2.71. The largest absolute Gasteiger partial charge is 0.264 e. The van der Waals surface area contributed by atoms with Gasteiger partial charge in [0.25, 0.3) is 0 Å². The molecular weight excluding hydrogens is 482 g/mol. The molecule has 4 aromatic rings. The lowest BCUT2D eigenvalue weighted by atomic mass is 9.43. The lowest BCUT2D eigenvalue weighted by molar-refractivity contribution is -0.590. The Bertz CT molecular complexity index is 1390. The van der Waals surface area contributed by atoms with Crippen molar-refractivity contribution < 1.29 is 4.92 Å². The Morgan fingerprint density at radius 1 is 0.718 bits per heavy atom. The quantitative estimate of drug-likeness (QED) is 0.140. The first kappa shape index (κ1) is 26.5. The molecule has 0 bridgehead atoms. The van der Waals surface area contributed by atoms with Crippen LogP contribution in [0.3, 0.4) is 0 Å². The average molecular weight is 518 g/mol. The highest BCUT2D eigenvalue weighted by atomic mass is 16.6. The van der Waals surface area contributed by atoms with Crippen LogP contribution in [0.25, 0.3) is 0 Å². The summed E-state index contributed by atoms with van der Waals surface area (Å²) in [6.45, 7) is 6.18. The van der Waals surface area contributed by atoms with E-state index in [1.807, 2.05) is 86.6 Å². The minimum absolute atomic E-state index is 0.0580. The van der Waals surface area contributed by atoms with E-state index in [9.17, 15) is 10.1 Å². The second kappa shape index (κ2) is 10.6. The van der Waals surface area contributed by atoms with Crippen molar-refractivity contribution in [3.63, 3.8) is 0 Å². The van der Waals surface area contributed by atoms with E-state index < -0.39 is 22.4 Å². The normalized spacial score (nSPS) is 24.6. The van der Waals surface area contributed by atoms with Crippen LogP contribution >= 0.6 is 0 Å². The summed E-state index contributed by atoms with van der Waals surface area (Å²) in [5.74, 6) is -0.278. The Labute approximate surface area is 230 Å². The summed E-state index contributed by atoms with van der Waals surface area (Å²) in [6, 6.07) is 39.7. The second-order valence-electron chi connectivity index (χ2n) is 11.1. The lowest BCUT2D eigenvalue weighted by Gasteiger charge is -2.59. The molecule has 0 aromatic heterocycles. The van der Waals surface area contributed by atoms with Crippen LogP contribution in [0.15, 0.2) is 132 Å². The van der Waals surface area contributed by atoms with Gasteiger partial charge in [-0.25, -0.2) is 0 Å². The van der Waals surface area contributed by atoms with E-state index in [1.54, 1.807) is 0 Å². The van der Waals surface area contributed by atoms with Crippen LogP contribution in [0.1, 0.15) is 50.3 Å². The maximum atomic E-state index is 13.3. The molecule has 0 amide bonds. The van der Waals surface area contributed by atoms with Crippen LogP contribution in [0.2, 0.25) is 0 Å².